The highest BCUT2D eigenvalue weighted by molar-refractivity contribution is 7.12. The molecule has 0 aliphatic carbocycles. The summed E-state index contributed by atoms with van der Waals surface area (Å²) in [7, 11) is 1.85. The Morgan fingerprint density at radius 1 is 1.03 bits per heavy atom. The summed E-state index contributed by atoms with van der Waals surface area (Å²) in [4.78, 5) is 43.5. The zero-order chi connectivity index (χ0) is 23.7. The fourth-order valence-corrected chi connectivity index (χ4v) is 5.48. The van der Waals surface area contributed by atoms with E-state index in [1.165, 1.54) is 11.3 Å². The topological polar surface area (TPSA) is 87.5 Å². The Balaban J connectivity index is 1.31. The Bertz CT molecular complexity index is 1200. The average Bonchev–Trinajstić information content (AvgIpc) is 3.52. The van der Waals surface area contributed by atoms with Crippen molar-refractivity contribution < 1.29 is 14.4 Å². The Morgan fingerprint density at radius 3 is 2.62 bits per heavy atom. The third-order valence-electron chi connectivity index (χ3n) is 6.58. The van der Waals surface area contributed by atoms with Gasteiger partial charge in [0.2, 0.25) is 5.91 Å². The summed E-state index contributed by atoms with van der Waals surface area (Å²) in [6.07, 6.45) is 2.16. The van der Waals surface area contributed by atoms with E-state index >= 15 is 0 Å². The van der Waals surface area contributed by atoms with Gasteiger partial charge in [-0.3, -0.25) is 19.1 Å². The molecule has 9 heteroatoms. The molecule has 0 bridgehead atoms. The molecule has 0 spiro atoms. The van der Waals surface area contributed by atoms with Gasteiger partial charge in [0.25, 0.3) is 11.8 Å². The first-order valence-corrected chi connectivity index (χ1v) is 12.4. The van der Waals surface area contributed by atoms with Crippen LogP contribution in [0.2, 0.25) is 0 Å². The average molecular weight is 478 g/mol. The van der Waals surface area contributed by atoms with Gasteiger partial charge < -0.3 is 15.1 Å². The molecular weight excluding hydrogens is 450 g/mol. The number of amides is 3. The maximum absolute atomic E-state index is 13.5. The Morgan fingerprint density at radius 2 is 1.85 bits per heavy atom. The number of piperidine rings is 1. The highest BCUT2D eigenvalue weighted by atomic mass is 32.1. The molecule has 1 saturated heterocycles. The van der Waals surface area contributed by atoms with Gasteiger partial charge in [-0.05, 0) is 36.4 Å². The highest BCUT2D eigenvalue weighted by Crippen LogP contribution is 2.27. The number of likely N-dealkylation sites (tertiary alicyclic amines) is 1. The van der Waals surface area contributed by atoms with Crippen LogP contribution in [0.5, 0.6) is 0 Å². The lowest BCUT2D eigenvalue weighted by molar-refractivity contribution is -0.121. The number of aromatic nitrogens is 2. The van der Waals surface area contributed by atoms with Crippen LogP contribution in [0.4, 0.5) is 5.69 Å². The van der Waals surface area contributed by atoms with Crippen molar-refractivity contribution in [1.29, 1.82) is 0 Å². The van der Waals surface area contributed by atoms with Crippen molar-refractivity contribution in [2.24, 2.45) is 13.0 Å². The summed E-state index contributed by atoms with van der Waals surface area (Å²) in [5.74, 6) is -0.521. The fraction of sp³-hybridized carbons (Fsp3) is 0.360. The number of para-hydroxylation sites is 1. The van der Waals surface area contributed by atoms with E-state index in [0.717, 1.165) is 29.8 Å². The number of thiophene rings is 1. The van der Waals surface area contributed by atoms with E-state index in [-0.39, 0.29) is 23.6 Å². The van der Waals surface area contributed by atoms with E-state index in [1.54, 1.807) is 14.5 Å². The van der Waals surface area contributed by atoms with E-state index in [0.29, 0.717) is 43.2 Å². The first-order chi connectivity index (χ1) is 16.5. The van der Waals surface area contributed by atoms with Crippen molar-refractivity contribution in [2.75, 3.05) is 25.0 Å². The lowest BCUT2D eigenvalue weighted by atomic mass is 9.96. The normalized spacial score (nSPS) is 17.9. The second-order valence-corrected chi connectivity index (χ2v) is 9.74. The molecule has 0 saturated carbocycles. The molecule has 176 valence electrons. The number of hydrogen-bond acceptors (Lipinski definition) is 5. The van der Waals surface area contributed by atoms with Gasteiger partial charge in [0.05, 0.1) is 17.3 Å². The number of rotatable bonds is 4. The largest absolute Gasteiger partial charge is 0.336 e. The minimum Gasteiger partial charge on any atom is -0.336 e. The molecule has 1 N–H and O–H groups in total. The van der Waals surface area contributed by atoms with Crippen LogP contribution in [-0.4, -0.2) is 56.9 Å². The predicted octanol–water partition coefficient (Wildman–Crippen LogP) is 3.17. The molecule has 2 aliphatic rings. The molecule has 3 aromatic rings. The summed E-state index contributed by atoms with van der Waals surface area (Å²) < 4.78 is 1.76. The van der Waals surface area contributed by atoms with Crippen LogP contribution in [0.3, 0.4) is 0 Å². The van der Waals surface area contributed by atoms with Crippen molar-refractivity contribution in [3.8, 4) is 0 Å². The fourth-order valence-electron chi connectivity index (χ4n) is 4.78. The molecule has 1 aromatic carbocycles. The lowest BCUT2D eigenvalue weighted by Crippen LogP contribution is -2.44. The summed E-state index contributed by atoms with van der Waals surface area (Å²) in [5.41, 5.74) is 2.96. The summed E-state index contributed by atoms with van der Waals surface area (Å²) in [5, 5.41) is 9.40. The smallest absolute Gasteiger partial charge is 0.274 e. The van der Waals surface area contributed by atoms with Crippen LogP contribution in [0, 0.1) is 5.92 Å². The van der Waals surface area contributed by atoms with E-state index in [1.807, 2.05) is 54.9 Å². The second-order valence-electron chi connectivity index (χ2n) is 8.80. The van der Waals surface area contributed by atoms with E-state index in [9.17, 15) is 14.4 Å². The van der Waals surface area contributed by atoms with Crippen molar-refractivity contribution in [3.63, 3.8) is 0 Å². The van der Waals surface area contributed by atoms with Crippen LogP contribution < -0.4 is 5.32 Å². The van der Waals surface area contributed by atoms with Crippen LogP contribution in [-0.2, 0) is 24.8 Å². The summed E-state index contributed by atoms with van der Waals surface area (Å²) in [6.45, 7) is 1.92. The number of hydrogen-bond donors (Lipinski definition) is 1. The van der Waals surface area contributed by atoms with Gasteiger partial charge in [0.1, 0.15) is 0 Å². The molecule has 8 nitrogen and oxygen atoms in total. The Labute approximate surface area is 202 Å². The van der Waals surface area contributed by atoms with Crippen LogP contribution in [0.15, 0.2) is 47.8 Å². The second kappa shape index (κ2) is 9.42. The standard InChI is InChI=1S/C25H27N5O3S/c1-28-20-11-13-30(24(32)21-10-6-14-34-21)16-19(20)22(27-28)25(33)29-12-5-7-17(15-29)23(31)26-18-8-3-2-4-9-18/h2-4,6,8-10,14,17H,5,7,11-13,15-16H2,1H3,(H,26,31)/t17-/m1/s1. The number of carbonyl (C=O) groups is 3. The van der Waals surface area contributed by atoms with Crippen molar-refractivity contribution in [1.82, 2.24) is 19.6 Å². The van der Waals surface area contributed by atoms with Crippen LogP contribution >= 0.6 is 11.3 Å². The molecule has 34 heavy (non-hydrogen) atoms. The maximum atomic E-state index is 13.5. The molecule has 4 heterocycles. The number of nitrogens with one attached hydrogen (secondary N) is 1. The van der Waals surface area contributed by atoms with Crippen LogP contribution in [0.25, 0.3) is 0 Å². The van der Waals surface area contributed by atoms with Gasteiger partial charge >= 0.3 is 0 Å². The van der Waals surface area contributed by atoms with Gasteiger partial charge in [0, 0.05) is 50.0 Å². The first kappa shape index (κ1) is 22.3. The summed E-state index contributed by atoms with van der Waals surface area (Å²) in [6, 6.07) is 13.1. The molecule has 2 aliphatic heterocycles. The van der Waals surface area contributed by atoms with E-state index < -0.39 is 0 Å². The minimum atomic E-state index is -0.269. The first-order valence-electron chi connectivity index (χ1n) is 11.5. The number of aryl methyl sites for hydroxylation is 1. The number of carbonyl (C=O) groups excluding carboxylic acids is 3. The maximum Gasteiger partial charge on any atom is 0.274 e. The lowest BCUT2D eigenvalue weighted by Gasteiger charge is -2.32. The monoisotopic (exact) mass is 477 g/mol. The zero-order valence-electron chi connectivity index (χ0n) is 19.1. The van der Waals surface area contributed by atoms with Gasteiger partial charge in [-0.25, -0.2) is 0 Å². The SMILES string of the molecule is Cn1nc(C(=O)N2CCC[C@@H](C(=O)Nc3ccccc3)C2)c2c1CCN(C(=O)c1cccs1)C2. The van der Waals surface area contributed by atoms with Crippen molar-refractivity contribution in [2.45, 2.75) is 25.8 Å². The van der Waals surface area contributed by atoms with Gasteiger partial charge in [0.15, 0.2) is 5.69 Å². The zero-order valence-corrected chi connectivity index (χ0v) is 19.9. The van der Waals surface area contributed by atoms with E-state index in [2.05, 4.69) is 10.4 Å². The minimum absolute atomic E-state index is 0.0153. The molecule has 0 unspecified atom stereocenters. The molecule has 1 fully saturated rings. The highest BCUT2D eigenvalue weighted by Gasteiger charge is 2.34. The molecule has 3 amide bonds. The third-order valence-corrected chi connectivity index (χ3v) is 7.44. The van der Waals surface area contributed by atoms with Gasteiger partial charge in [-0.1, -0.05) is 24.3 Å². The predicted molar refractivity (Wildman–Crippen MR) is 130 cm³/mol. The third kappa shape index (κ3) is 4.35. The molecule has 0 radical (unpaired) electrons. The molecule has 5 rings (SSSR count). The van der Waals surface area contributed by atoms with Crippen molar-refractivity contribution >= 4 is 34.7 Å². The number of nitrogens with zero attached hydrogens (tertiary/aromatic N) is 4. The van der Waals surface area contributed by atoms with E-state index in [4.69, 9.17) is 0 Å². The van der Waals surface area contributed by atoms with Crippen LogP contribution in [0.1, 0.15) is 44.3 Å². The molecule has 2 aromatic heterocycles. The number of anilines is 1. The molecule has 1 atom stereocenters. The molecular formula is C25H27N5O3S. The Hall–Kier alpha value is -3.46. The quantitative estimate of drug-likeness (QED) is 0.625. The van der Waals surface area contributed by atoms with Gasteiger partial charge in [-0.15, -0.1) is 11.3 Å². The summed E-state index contributed by atoms with van der Waals surface area (Å²) >= 11 is 1.42. The van der Waals surface area contributed by atoms with Gasteiger partial charge in [-0.2, -0.15) is 5.10 Å². The number of benzene rings is 1. The Kier molecular flexibility index (Phi) is 6.19. The number of fused-ring (bicyclic) bond motifs is 1. The van der Waals surface area contributed by atoms with Crippen molar-refractivity contribution in [3.05, 3.63) is 69.7 Å².